The molecule has 2 aliphatic rings. The first-order valence-electron chi connectivity index (χ1n) is 14.6. The van der Waals surface area contributed by atoms with Crippen LogP contribution in [0.1, 0.15) is 94.2 Å². The van der Waals surface area contributed by atoms with Crippen molar-refractivity contribution >= 4 is 11.9 Å². The van der Waals surface area contributed by atoms with Crippen LogP contribution in [-0.4, -0.2) is 11.9 Å². The molecule has 0 spiro atoms. The fourth-order valence-electron chi connectivity index (χ4n) is 6.88. The van der Waals surface area contributed by atoms with Gasteiger partial charge in [-0.3, -0.25) is 9.59 Å². The number of fused-ring (bicyclic) bond motifs is 2. The van der Waals surface area contributed by atoms with Crippen LogP contribution in [0.2, 0.25) is 0 Å². The Morgan fingerprint density at radius 1 is 0.622 bits per heavy atom. The van der Waals surface area contributed by atoms with Crippen molar-refractivity contribution in [3.8, 4) is 11.5 Å². The second-order valence-corrected chi connectivity index (χ2v) is 10.8. The van der Waals surface area contributed by atoms with E-state index >= 15 is 0 Å². The topological polar surface area (TPSA) is 52.6 Å². The van der Waals surface area contributed by atoms with Gasteiger partial charge in [-0.05, 0) is 115 Å². The van der Waals surface area contributed by atoms with Crippen LogP contribution in [-0.2, 0) is 48.1 Å². The number of aryl methyl sites for hydroxylation is 4. The molecule has 0 radical (unpaired) electrons. The lowest BCUT2D eigenvalue weighted by atomic mass is 9.79. The van der Waals surface area contributed by atoms with Crippen molar-refractivity contribution in [3.05, 3.63) is 57.6 Å². The van der Waals surface area contributed by atoms with Gasteiger partial charge in [0.05, 0.1) is 11.8 Å². The summed E-state index contributed by atoms with van der Waals surface area (Å²) in [5.74, 6) is 0.355. The van der Waals surface area contributed by atoms with Gasteiger partial charge in [-0.15, -0.1) is 0 Å². The first-order chi connectivity index (χ1) is 17.9. The summed E-state index contributed by atoms with van der Waals surface area (Å²) in [4.78, 5) is 27.5. The van der Waals surface area contributed by atoms with Crippen LogP contribution in [0.25, 0.3) is 0 Å². The predicted octanol–water partition coefficient (Wildman–Crippen LogP) is 7.23. The predicted molar refractivity (Wildman–Crippen MR) is 148 cm³/mol. The molecular weight excluding hydrogens is 460 g/mol. The number of hydrogen-bond acceptors (Lipinski definition) is 4. The molecule has 4 atom stereocenters. The standard InChI is InChI=1S/C33H44O4/c1-7-20-15-22(9-3)26(11-5)28(17-20)36-32(34)30-24-13-14-25(19-24)31(30)33(35)37-29-18-21(8-2)16-23(10-4)27(29)12-6/h15-18,24-25,30-31H,7-14,19H2,1-6H3. The molecule has 0 amide bonds. The molecule has 4 nitrogen and oxygen atoms in total. The lowest BCUT2D eigenvalue weighted by Crippen LogP contribution is -2.39. The van der Waals surface area contributed by atoms with E-state index < -0.39 is 11.8 Å². The highest BCUT2D eigenvalue weighted by Gasteiger charge is 2.55. The smallest absolute Gasteiger partial charge is 0.315 e. The van der Waals surface area contributed by atoms with E-state index in [0.29, 0.717) is 11.5 Å². The third-order valence-electron chi connectivity index (χ3n) is 8.89. The van der Waals surface area contributed by atoms with Crippen molar-refractivity contribution in [3.63, 3.8) is 0 Å². The molecule has 200 valence electrons. The Morgan fingerprint density at radius 2 is 1.03 bits per heavy atom. The van der Waals surface area contributed by atoms with E-state index in [9.17, 15) is 9.59 Å². The van der Waals surface area contributed by atoms with Crippen molar-refractivity contribution in [1.29, 1.82) is 0 Å². The average Bonchev–Trinajstić information content (AvgIpc) is 3.54. The first kappa shape index (κ1) is 27.4. The van der Waals surface area contributed by atoms with Crippen molar-refractivity contribution < 1.29 is 19.1 Å². The number of carbonyl (C=O) groups excluding carboxylic acids is 2. The number of rotatable bonds is 10. The van der Waals surface area contributed by atoms with Crippen LogP contribution in [0.4, 0.5) is 0 Å². The second kappa shape index (κ2) is 11.8. The highest BCUT2D eigenvalue weighted by Crippen LogP contribution is 2.53. The summed E-state index contributed by atoms with van der Waals surface area (Å²) in [7, 11) is 0. The summed E-state index contributed by atoms with van der Waals surface area (Å²) in [5, 5.41) is 0. The number of carbonyl (C=O) groups is 2. The van der Waals surface area contributed by atoms with Gasteiger partial charge in [0.15, 0.2) is 0 Å². The van der Waals surface area contributed by atoms with Crippen molar-refractivity contribution in [2.24, 2.45) is 23.7 Å². The maximum atomic E-state index is 13.7. The zero-order valence-corrected chi connectivity index (χ0v) is 23.6. The van der Waals surface area contributed by atoms with E-state index in [4.69, 9.17) is 9.47 Å². The van der Waals surface area contributed by atoms with Gasteiger partial charge in [0, 0.05) is 0 Å². The van der Waals surface area contributed by atoms with Gasteiger partial charge in [-0.2, -0.15) is 0 Å². The summed E-state index contributed by atoms with van der Waals surface area (Å²) in [6.07, 6.45) is 8.08. The van der Waals surface area contributed by atoms with Gasteiger partial charge in [-0.1, -0.05) is 53.7 Å². The fraction of sp³-hybridized carbons (Fsp3) is 0.576. The second-order valence-electron chi connectivity index (χ2n) is 10.8. The van der Waals surface area contributed by atoms with Crippen LogP contribution in [0.3, 0.4) is 0 Å². The highest BCUT2D eigenvalue weighted by molar-refractivity contribution is 5.86. The van der Waals surface area contributed by atoms with E-state index in [2.05, 4.69) is 53.7 Å². The third-order valence-corrected chi connectivity index (χ3v) is 8.89. The zero-order valence-electron chi connectivity index (χ0n) is 23.6. The minimum absolute atomic E-state index is 0.193. The Labute approximate surface area is 223 Å². The SMILES string of the molecule is CCc1cc(CC)c(CC)c(OC(=O)C2C3CCC(C3)C2C(=O)Oc2cc(CC)cc(CC)c2CC)c1. The van der Waals surface area contributed by atoms with Gasteiger partial charge in [0.25, 0.3) is 0 Å². The molecule has 0 saturated heterocycles. The van der Waals surface area contributed by atoms with Crippen LogP contribution in [0.5, 0.6) is 11.5 Å². The summed E-state index contributed by atoms with van der Waals surface area (Å²) in [6.45, 7) is 12.7. The fourth-order valence-corrected chi connectivity index (χ4v) is 6.88. The molecule has 0 aliphatic heterocycles. The molecule has 0 heterocycles. The summed E-state index contributed by atoms with van der Waals surface area (Å²) in [6, 6.07) is 8.50. The lowest BCUT2D eigenvalue weighted by molar-refractivity contribution is -0.153. The minimum Gasteiger partial charge on any atom is -0.426 e. The first-order valence-corrected chi connectivity index (χ1v) is 14.6. The molecule has 0 N–H and O–H groups in total. The molecule has 2 aromatic rings. The third kappa shape index (κ3) is 5.35. The molecule has 0 aromatic heterocycles. The monoisotopic (exact) mass is 504 g/mol. The van der Waals surface area contributed by atoms with Crippen LogP contribution >= 0.6 is 0 Å². The number of esters is 2. The number of ether oxygens (including phenoxy) is 2. The molecule has 2 saturated carbocycles. The van der Waals surface area contributed by atoms with E-state index in [0.717, 1.165) is 68.9 Å². The molecule has 4 rings (SSSR count). The van der Waals surface area contributed by atoms with Crippen LogP contribution in [0.15, 0.2) is 24.3 Å². The number of benzene rings is 2. The van der Waals surface area contributed by atoms with E-state index in [-0.39, 0.29) is 23.8 Å². The summed E-state index contributed by atoms with van der Waals surface area (Å²) in [5.41, 5.74) is 7.04. The highest BCUT2D eigenvalue weighted by atomic mass is 16.5. The lowest BCUT2D eigenvalue weighted by Gasteiger charge is -2.28. The number of hydrogen-bond donors (Lipinski definition) is 0. The van der Waals surface area contributed by atoms with Crippen molar-refractivity contribution in [1.82, 2.24) is 0 Å². The molecule has 4 heteroatoms. The van der Waals surface area contributed by atoms with Gasteiger partial charge in [0.2, 0.25) is 0 Å². The Hall–Kier alpha value is -2.62. The quantitative estimate of drug-likeness (QED) is 0.253. The molecule has 4 unspecified atom stereocenters. The molecule has 2 fully saturated rings. The van der Waals surface area contributed by atoms with Gasteiger partial charge in [-0.25, -0.2) is 0 Å². The molecule has 2 aromatic carbocycles. The maximum absolute atomic E-state index is 13.7. The van der Waals surface area contributed by atoms with Gasteiger partial charge in [0.1, 0.15) is 11.5 Å². The molecule has 2 bridgehead atoms. The Balaban J connectivity index is 1.62. The molecular formula is C33H44O4. The summed E-state index contributed by atoms with van der Waals surface area (Å²) >= 11 is 0. The maximum Gasteiger partial charge on any atom is 0.315 e. The zero-order chi connectivity index (χ0) is 26.7. The normalized spacial score (nSPS) is 22.3. The van der Waals surface area contributed by atoms with Crippen molar-refractivity contribution in [2.45, 2.75) is 99.3 Å². The Bertz CT molecular complexity index is 1060. The Kier molecular flexibility index (Phi) is 8.77. The minimum atomic E-state index is -0.434. The van der Waals surface area contributed by atoms with Crippen LogP contribution < -0.4 is 9.47 Å². The summed E-state index contributed by atoms with van der Waals surface area (Å²) < 4.78 is 12.3. The van der Waals surface area contributed by atoms with Gasteiger partial charge < -0.3 is 9.47 Å². The largest absolute Gasteiger partial charge is 0.426 e. The van der Waals surface area contributed by atoms with E-state index in [1.165, 1.54) is 22.3 Å². The van der Waals surface area contributed by atoms with Gasteiger partial charge >= 0.3 is 11.9 Å². The van der Waals surface area contributed by atoms with Crippen LogP contribution in [0, 0.1) is 23.7 Å². The Morgan fingerprint density at radius 3 is 1.35 bits per heavy atom. The molecule has 2 aliphatic carbocycles. The average molecular weight is 505 g/mol. The van der Waals surface area contributed by atoms with E-state index in [1.54, 1.807) is 0 Å². The molecule has 37 heavy (non-hydrogen) atoms. The van der Waals surface area contributed by atoms with E-state index in [1.807, 2.05) is 12.1 Å². The van der Waals surface area contributed by atoms with Crippen molar-refractivity contribution in [2.75, 3.05) is 0 Å².